The lowest BCUT2D eigenvalue weighted by Gasteiger charge is -2.37. The second-order valence-corrected chi connectivity index (χ2v) is 35.5. The van der Waals surface area contributed by atoms with Crippen LogP contribution in [0.3, 0.4) is 0 Å². The molecular formula is C104H124N8O8+4. The topological polar surface area (TPSA) is 109 Å². The molecule has 16 heteroatoms. The minimum absolute atomic E-state index is 0.0755. The molecule has 0 fully saturated rings. The van der Waals surface area contributed by atoms with Crippen LogP contribution in [0, 0.1) is 83.1 Å². The first-order chi connectivity index (χ1) is 58.3. The first kappa shape index (κ1) is 81.4. The van der Waals surface area contributed by atoms with Gasteiger partial charge in [-0.2, -0.15) is 0 Å². The molecule has 17 rings (SSSR count). The van der Waals surface area contributed by atoms with Gasteiger partial charge in [-0.1, -0.05) is 176 Å². The van der Waals surface area contributed by atoms with Crippen molar-refractivity contribution in [2.24, 2.45) is 0 Å². The van der Waals surface area contributed by atoms with Gasteiger partial charge in [-0.05, 0) is 178 Å². The molecule has 0 saturated carbocycles. The number of imidazole rings is 4. The van der Waals surface area contributed by atoms with Gasteiger partial charge in [-0.15, -0.1) is 0 Å². The molecule has 12 aromatic rings. The maximum Gasteiger partial charge on any atom is 0.249 e. The molecule has 0 unspecified atom stereocenters. The van der Waals surface area contributed by atoms with Crippen LogP contribution in [-0.2, 0) is 26.2 Å². The fourth-order valence-electron chi connectivity index (χ4n) is 21.4. The summed E-state index contributed by atoms with van der Waals surface area (Å²) in [6.07, 6.45) is 42.2. The number of aromatic nitrogens is 8. The zero-order valence-corrected chi connectivity index (χ0v) is 74.0. The van der Waals surface area contributed by atoms with Crippen molar-refractivity contribution in [3.63, 3.8) is 0 Å². The van der Waals surface area contributed by atoms with E-state index < -0.39 is 0 Å². The predicted octanol–water partition coefficient (Wildman–Crippen LogP) is 22.0. The van der Waals surface area contributed by atoms with Crippen LogP contribution in [0.25, 0.3) is 22.7 Å². The molecule has 5 aliphatic rings. The average Bonchev–Trinajstić information content (AvgIpc) is 0.832. The molecule has 0 N–H and O–H groups in total. The quantitative estimate of drug-likeness (QED) is 0.0352. The van der Waals surface area contributed by atoms with Crippen LogP contribution in [0.4, 0.5) is 0 Å². The summed E-state index contributed by atoms with van der Waals surface area (Å²) in [6.45, 7) is 37.3. The first-order valence-electron chi connectivity index (χ1n) is 44.7. The van der Waals surface area contributed by atoms with Crippen LogP contribution < -0.4 is 56.2 Å². The number of unbranched alkanes of at least 4 members (excludes halogenated alkanes) is 8. The lowest BCUT2D eigenvalue weighted by atomic mass is 9.74. The minimum atomic E-state index is -0.238. The molecule has 8 bridgehead atoms. The zero-order valence-electron chi connectivity index (χ0n) is 74.0. The molecule has 0 atom stereocenters. The van der Waals surface area contributed by atoms with Crippen molar-refractivity contribution in [1.82, 2.24) is 18.3 Å². The van der Waals surface area contributed by atoms with E-state index in [1.807, 2.05) is 0 Å². The van der Waals surface area contributed by atoms with E-state index >= 15 is 0 Å². The third kappa shape index (κ3) is 15.7. The Morgan fingerprint density at radius 1 is 0.250 bits per heavy atom. The second-order valence-electron chi connectivity index (χ2n) is 35.5. The SMILES string of the molecule is CCCCCC1c2cc3c4c(C[n+]5ccn(-c6c(C)cc(C)cc6C)c5)c2OCOc2c1cc1c(c2C[n+]2ccn(-c5c(C)cc(C)cc5C)c2)OCOc2c(cc5c(c2C[n+]2ccn(-c6c(C)cc(C)cc6C)c2)OCOc2c(cc(c(c2C[n+]2ccn(-c6c(C)cc(C)cc6C)c2)OCO4)C3CCCCC)C5CCCCC)C1CCCCC. The number of ether oxygens (including phenoxy) is 8. The molecule has 120 heavy (non-hydrogen) atoms. The second kappa shape index (κ2) is 34.6. The van der Waals surface area contributed by atoms with Gasteiger partial charge in [-0.25, -0.2) is 36.5 Å². The highest BCUT2D eigenvalue weighted by Gasteiger charge is 2.44. The lowest BCUT2D eigenvalue weighted by Crippen LogP contribution is -2.35. The zero-order chi connectivity index (χ0) is 83.3. The van der Waals surface area contributed by atoms with Crippen molar-refractivity contribution < 1.29 is 56.2 Å². The van der Waals surface area contributed by atoms with Gasteiger partial charge in [0, 0.05) is 68.2 Å². The monoisotopic (exact) mass is 1610 g/mol. The van der Waals surface area contributed by atoms with Crippen molar-refractivity contribution >= 4 is 0 Å². The van der Waals surface area contributed by atoms with Crippen molar-refractivity contribution in [2.45, 2.75) is 263 Å². The third-order valence-electron chi connectivity index (χ3n) is 26.3. The van der Waals surface area contributed by atoms with Gasteiger partial charge in [0.25, 0.3) is 0 Å². The smallest absolute Gasteiger partial charge is 0.249 e. The summed E-state index contributed by atoms with van der Waals surface area (Å²) in [5.74, 6) is 5.38. The molecule has 4 aliphatic heterocycles. The number of hydrogen-bond acceptors (Lipinski definition) is 8. The number of nitrogens with zero attached hydrogens (tertiary/aromatic N) is 8. The Morgan fingerprint density at radius 2 is 0.425 bits per heavy atom. The molecule has 0 saturated heterocycles. The van der Waals surface area contributed by atoms with E-state index in [0.717, 1.165) is 215 Å². The first-order valence-corrected chi connectivity index (χ1v) is 44.7. The Hall–Kier alpha value is -11.0. The Morgan fingerprint density at radius 3 is 0.592 bits per heavy atom. The lowest BCUT2D eigenvalue weighted by molar-refractivity contribution is -0.687. The highest BCUT2D eigenvalue weighted by Crippen LogP contribution is 2.59. The molecule has 4 aromatic heterocycles. The van der Waals surface area contributed by atoms with Gasteiger partial charge < -0.3 is 37.9 Å². The summed E-state index contributed by atoms with van der Waals surface area (Å²) in [4.78, 5) is 0. The van der Waals surface area contributed by atoms with E-state index in [1.165, 1.54) is 89.5 Å². The van der Waals surface area contributed by atoms with Crippen LogP contribution in [0.1, 0.15) is 288 Å². The number of hydrogen-bond donors (Lipinski definition) is 0. The Kier molecular flexibility index (Phi) is 23.5. The van der Waals surface area contributed by atoms with Gasteiger partial charge in [0.15, 0.2) is 0 Å². The fraction of sp³-hybridized carbons (Fsp3) is 0.423. The minimum Gasteiger partial charge on any atom is -0.457 e. The average molecular weight is 1610 g/mol. The van der Waals surface area contributed by atoms with E-state index in [-0.39, 0.29) is 50.8 Å². The molecule has 0 spiro atoms. The molecule has 8 heterocycles. The Balaban J connectivity index is 0.998. The maximum absolute atomic E-state index is 7.64. The molecular weight excluding hydrogens is 1490 g/mol. The summed E-state index contributed by atoms with van der Waals surface area (Å²) in [7, 11) is 0. The van der Waals surface area contributed by atoms with Crippen LogP contribution in [-0.4, -0.2) is 45.4 Å². The largest absolute Gasteiger partial charge is 0.457 e. The van der Waals surface area contributed by atoms with E-state index in [4.69, 9.17) is 37.9 Å². The van der Waals surface area contributed by atoms with Crippen molar-refractivity contribution in [1.29, 1.82) is 0 Å². The van der Waals surface area contributed by atoms with Gasteiger partial charge in [0.05, 0.1) is 22.3 Å². The number of aryl methyl sites for hydroxylation is 12. The van der Waals surface area contributed by atoms with E-state index in [2.05, 4.69) is 295 Å². The Labute approximate surface area is 710 Å². The number of benzene rings is 8. The summed E-state index contributed by atoms with van der Waals surface area (Å²) in [5.41, 5.74) is 32.4. The third-order valence-corrected chi connectivity index (χ3v) is 26.3. The van der Waals surface area contributed by atoms with Crippen LogP contribution in [0.5, 0.6) is 46.0 Å². The molecule has 0 radical (unpaired) electrons. The van der Waals surface area contributed by atoms with Crippen molar-refractivity contribution in [3.05, 3.63) is 281 Å². The highest BCUT2D eigenvalue weighted by atomic mass is 16.7. The van der Waals surface area contributed by atoms with E-state index in [9.17, 15) is 0 Å². The standard InChI is InChI=1S/C104H124N8O8/c1-17-21-25-29-77-81-49-83-78(30-26-22-18-2)85-51-87-80(32-28-24-20-4)88-52-86-79(31-27-23-19-3)84-50-82(77)98-90(54-106-34-38-110(58-106)94-71(11)43-66(6)44-72(94)12)100(84)116-63-118-102(86)92(56-108-36-40-112(60-108)96-75(15)47-68(8)48-76(96)16)104(88)120-64-119-103(87)91(55-107-35-39-111(59-107)95-73(13)45-67(7)46-74(95)14)101(85)117-62-115-99(83)89(97(81)113-61-114-98)53-105-33-37-109(57-105)93-69(9)41-65(5)42-70(93)10/h33-52,57-60,77-80H,17-32,53-56,61-64H2,1-16H3/q+4. The molecule has 624 valence electrons. The Bertz CT molecular complexity index is 4950. The van der Waals surface area contributed by atoms with Gasteiger partial charge >= 0.3 is 0 Å². The predicted molar refractivity (Wildman–Crippen MR) is 471 cm³/mol. The van der Waals surface area contributed by atoms with E-state index in [0.29, 0.717) is 26.2 Å². The van der Waals surface area contributed by atoms with Crippen LogP contribution >= 0.6 is 0 Å². The van der Waals surface area contributed by atoms with Gasteiger partial charge in [-0.3, -0.25) is 0 Å². The molecule has 1 aliphatic carbocycles. The van der Waals surface area contributed by atoms with Crippen LogP contribution in [0.15, 0.2) is 148 Å². The fourth-order valence-corrected chi connectivity index (χ4v) is 21.4. The summed E-state index contributed by atoms with van der Waals surface area (Å²) >= 11 is 0. The highest BCUT2D eigenvalue weighted by molar-refractivity contribution is 5.70. The van der Waals surface area contributed by atoms with Crippen molar-refractivity contribution in [3.8, 4) is 68.7 Å². The number of rotatable bonds is 28. The normalized spacial score (nSPS) is 16.1. The molecule has 16 nitrogen and oxygen atoms in total. The van der Waals surface area contributed by atoms with Crippen LogP contribution in [0.2, 0.25) is 0 Å². The maximum atomic E-state index is 7.64. The summed E-state index contributed by atoms with van der Waals surface area (Å²) < 4.78 is 79.5. The van der Waals surface area contributed by atoms with Gasteiger partial charge in [0.2, 0.25) is 52.5 Å². The summed E-state index contributed by atoms with van der Waals surface area (Å²) in [5, 5.41) is 0. The van der Waals surface area contributed by atoms with E-state index in [1.54, 1.807) is 0 Å². The van der Waals surface area contributed by atoms with Crippen molar-refractivity contribution in [2.75, 3.05) is 27.2 Å². The molecule has 8 aromatic carbocycles. The molecule has 0 amide bonds. The van der Waals surface area contributed by atoms with Gasteiger partial charge in [0.1, 0.15) is 144 Å². The summed E-state index contributed by atoms with van der Waals surface area (Å²) in [6, 6.07) is 28.5.